The molecule has 1 aromatic carbocycles. The Morgan fingerprint density at radius 1 is 1.36 bits per heavy atom. The summed E-state index contributed by atoms with van der Waals surface area (Å²) in [6.07, 6.45) is 1.62. The maximum Gasteiger partial charge on any atom is 0.315 e. The highest BCUT2D eigenvalue weighted by molar-refractivity contribution is 5.74. The maximum absolute atomic E-state index is 12.0. The van der Waals surface area contributed by atoms with E-state index in [-0.39, 0.29) is 12.6 Å². The van der Waals surface area contributed by atoms with Gasteiger partial charge in [-0.05, 0) is 38.8 Å². The van der Waals surface area contributed by atoms with Gasteiger partial charge >= 0.3 is 6.03 Å². The summed E-state index contributed by atoms with van der Waals surface area (Å²) in [6, 6.07) is 5.63. The predicted molar refractivity (Wildman–Crippen MR) is 88.1 cm³/mol. The van der Waals surface area contributed by atoms with Crippen molar-refractivity contribution in [3.8, 4) is 5.75 Å². The van der Waals surface area contributed by atoms with Gasteiger partial charge in [-0.2, -0.15) is 0 Å². The molecule has 5 nitrogen and oxygen atoms in total. The lowest BCUT2D eigenvalue weighted by molar-refractivity contribution is 0.163. The van der Waals surface area contributed by atoms with Crippen molar-refractivity contribution < 1.29 is 14.6 Å². The number of rotatable bonds is 8. The molecule has 0 bridgehead atoms. The first-order valence-electron chi connectivity index (χ1n) is 7.83. The second-order valence-electron chi connectivity index (χ2n) is 5.82. The van der Waals surface area contributed by atoms with E-state index in [9.17, 15) is 9.90 Å². The minimum atomic E-state index is -0.588. The molecule has 2 amide bonds. The molecule has 1 atom stereocenters. The number of aliphatic hydroxyl groups excluding tert-OH is 1. The van der Waals surface area contributed by atoms with Gasteiger partial charge in [0.05, 0.1) is 18.8 Å². The zero-order valence-corrected chi connectivity index (χ0v) is 14.0. The topological polar surface area (TPSA) is 70.6 Å². The molecule has 3 N–H and O–H groups in total. The monoisotopic (exact) mass is 308 g/mol. The minimum absolute atomic E-state index is 0.0804. The molecular formula is C17H28N2O3. The van der Waals surface area contributed by atoms with E-state index < -0.39 is 5.54 Å². The van der Waals surface area contributed by atoms with E-state index in [0.29, 0.717) is 13.2 Å². The molecule has 124 valence electrons. The van der Waals surface area contributed by atoms with Crippen molar-refractivity contribution in [2.75, 3.05) is 13.2 Å². The van der Waals surface area contributed by atoms with E-state index >= 15 is 0 Å². The number of ether oxygens (including phenoxy) is 1. The number of urea groups is 1. The molecule has 0 saturated carbocycles. The van der Waals surface area contributed by atoms with E-state index in [1.807, 2.05) is 45.9 Å². The van der Waals surface area contributed by atoms with Crippen molar-refractivity contribution in [3.63, 3.8) is 0 Å². The second kappa shape index (κ2) is 8.63. The van der Waals surface area contributed by atoms with Crippen LogP contribution in [-0.4, -0.2) is 29.9 Å². The van der Waals surface area contributed by atoms with Crippen molar-refractivity contribution >= 4 is 6.03 Å². The largest absolute Gasteiger partial charge is 0.494 e. The van der Waals surface area contributed by atoms with E-state index in [4.69, 9.17) is 4.74 Å². The number of carbonyl (C=O) groups excluding carboxylic acids is 1. The van der Waals surface area contributed by atoms with Crippen LogP contribution < -0.4 is 15.4 Å². The molecule has 0 fully saturated rings. The smallest absolute Gasteiger partial charge is 0.315 e. The fourth-order valence-corrected chi connectivity index (χ4v) is 2.32. The Labute approximate surface area is 133 Å². The molecule has 1 aromatic rings. The van der Waals surface area contributed by atoms with Crippen LogP contribution in [0.4, 0.5) is 4.79 Å². The zero-order valence-electron chi connectivity index (χ0n) is 14.0. The lowest BCUT2D eigenvalue weighted by atomic mass is 9.98. The summed E-state index contributed by atoms with van der Waals surface area (Å²) >= 11 is 0. The fraction of sp³-hybridized carbons (Fsp3) is 0.588. The summed E-state index contributed by atoms with van der Waals surface area (Å²) in [5.74, 6) is 0.793. The van der Waals surface area contributed by atoms with Gasteiger partial charge in [0.25, 0.3) is 0 Å². The average Bonchev–Trinajstić information content (AvgIpc) is 2.47. The molecular weight excluding hydrogens is 280 g/mol. The van der Waals surface area contributed by atoms with Gasteiger partial charge in [-0.25, -0.2) is 4.79 Å². The van der Waals surface area contributed by atoms with Crippen molar-refractivity contribution in [3.05, 3.63) is 29.3 Å². The van der Waals surface area contributed by atoms with Crippen molar-refractivity contribution in [2.45, 2.75) is 52.6 Å². The summed E-state index contributed by atoms with van der Waals surface area (Å²) in [7, 11) is 0. The van der Waals surface area contributed by atoms with Crippen molar-refractivity contribution in [1.29, 1.82) is 0 Å². The Hall–Kier alpha value is -1.75. The molecule has 22 heavy (non-hydrogen) atoms. The van der Waals surface area contributed by atoms with Crippen LogP contribution in [-0.2, 0) is 6.54 Å². The van der Waals surface area contributed by atoms with Crippen LogP contribution in [0.2, 0.25) is 0 Å². The van der Waals surface area contributed by atoms with Gasteiger partial charge in [-0.3, -0.25) is 0 Å². The van der Waals surface area contributed by atoms with E-state index in [1.54, 1.807) is 0 Å². The summed E-state index contributed by atoms with van der Waals surface area (Å²) < 4.78 is 5.60. The number of hydrogen-bond acceptors (Lipinski definition) is 3. The van der Waals surface area contributed by atoms with Crippen LogP contribution >= 0.6 is 0 Å². The highest BCUT2D eigenvalue weighted by atomic mass is 16.5. The maximum atomic E-state index is 12.0. The Bertz CT molecular complexity index is 491. The molecule has 0 radical (unpaired) electrons. The Morgan fingerprint density at radius 2 is 2.09 bits per heavy atom. The number of amides is 2. The van der Waals surface area contributed by atoms with Gasteiger partial charge in [-0.15, -0.1) is 0 Å². The quantitative estimate of drug-likeness (QED) is 0.691. The highest BCUT2D eigenvalue weighted by Gasteiger charge is 2.24. The summed E-state index contributed by atoms with van der Waals surface area (Å²) in [6.45, 7) is 8.69. The first-order valence-corrected chi connectivity index (χ1v) is 7.83. The number of aryl methyl sites for hydroxylation is 1. The highest BCUT2D eigenvalue weighted by Crippen LogP contribution is 2.20. The minimum Gasteiger partial charge on any atom is -0.494 e. The van der Waals surface area contributed by atoms with E-state index in [2.05, 4.69) is 10.6 Å². The fourth-order valence-electron chi connectivity index (χ4n) is 2.32. The summed E-state index contributed by atoms with van der Waals surface area (Å²) in [4.78, 5) is 12.0. The average molecular weight is 308 g/mol. The van der Waals surface area contributed by atoms with Gasteiger partial charge < -0.3 is 20.5 Å². The number of nitrogens with one attached hydrogen (secondary N) is 2. The van der Waals surface area contributed by atoms with Gasteiger partial charge in [0.1, 0.15) is 5.75 Å². The van der Waals surface area contributed by atoms with E-state index in [0.717, 1.165) is 29.7 Å². The molecule has 0 aliphatic rings. The Morgan fingerprint density at radius 3 is 2.68 bits per heavy atom. The second-order valence-corrected chi connectivity index (χ2v) is 5.82. The van der Waals surface area contributed by atoms with Gasteiger partial charge in [0.2, 0.25) is 0 Å². The van der Waals surface area contributed by atoms with Crippen LogP contribution in [0.5, 0.6) is 5.75 Å². The molecule has 0 heterocycles. The Balaban J connectivity index is 2.64. The third kappa shape index (κ3) is 5.56. The first kappa shape index (κ1) is 18.3. The summed E-state index contributed by atoms with van der Waals surface area (Å²) in [5, 5.41) is 15.1. The van der Waals surface area contributed by atoms with Crippen molar-refractivity contribution in [2.24, 2.45) is 0 Å². The standard InChI is InChI=1S/C17H28N2O3/c1-5-9-17(4,12-20)19-16(21)18-11-14-8-7-13(3)10-15(14)22-6-2/h7-8,10,20H,5-6,9,11-12H2,1-4H3,(H2,18,19,21). The molecule has 0 aliphatic carbocycles. The predicted octanol–water partition coefficient (Wildman–Crippen LogP) is 2.74. The number of benzene rings is 1. The molecule has 0 aliphatic heterocycles. The number of hydrogen-bond donors (Lipinski definition) is 3. The Kier molecular flexibility index (Phi) is 7.18. The van der Waals surface area contributed by atoms with Crippen LogP contribution in [0.15, 0.2) is 18.2 Å². The molecule has 1 unspecified atom stereocenters. The van der Waals surface area contributed by atoms with E-state index in [1.165, 1.54) is 0 Å². The van der Waals surface area contributed by atoms with Crippen LogP contribution in [0.25, 0.3) is 0 Å². The molecule has 0 aromatic heterocycles. The van der Waals surface area contributed by atoms with Gasteiger partial charge in [-0.1, -0.05) is 25.5 Å². The van der Waals surface area contributed by atoms with Gasteiger partial charge in [0.15, 0.2) is 0 Å². The number of carbonyl (C=O) groups is 1. The molecule has 1 rings (SSSR count). The summed E-state index contributed by atoms with van der Waals surface area (Å²) in [5.41, 5.74) is 1.46. The third-order valence-corrected chi connectivity index (χ3v) is 3.53. The zero-order chi connectivity index (χ0) is 16.6. The molecule has 5 heteroatoms. The van der Waals surface area contributed by atoms with Gasteiger partial charge in [0, 0.05) is 12.1 Å². The van der Waals surface area contributed by atoms with Crippen LogP contribution in [0.3, 0.4) is 0 Å². The molecule has 0 saturated heterocycles. The SMILES string of the molecule is CCCC(C)(CO)NC(=O)NCc1ccc(C)cc1OCC. The van der Waals surface area contributed by atoms with Crippen LogP contribution in [0, 0.1) is 6.92 Å². The van der Waals surface area contributed by atoms with Crippen LogP contribution in [0.1, 0.15) is 44.7 Å². The molecule has 0 spiro atoms. The lowest BCUT2D eigenvalue weighted by Gasteiger charge is -2.28. The lowest BCUT2D eigenvalue weighted by Crippen LogP contribution is -2.52. The third-order valence-electron chi connectivity index (χ3n) is 3.53. The normalized spacial score (nSPS) is 13.3. The number of aliphatic hydroxyl groups is 1. The first-order chi connectivity index (χ1) is 10.4. The van der Waals surface area contributed by atoms with Crippen molar-refractivity contribution in [1.82, 2.24) is 10.6 Å².